The van der Waals surface area contributed by atoms with Gasteiger partial charge in [0.25, 0.3) is 0 Å². The third-order valence-corrected chi connectivity index (χ3v) is 6.71. The molecule has 6 nitrogen and oxygen atoms in total. The third-order valence-electron chi connectivity index (χ3n) is 4.79. The maximum absolute atomic E-state index is 13.0. The molecule has 0 radical (unpaired) electrons. The molecule has 0 amide bonds. The number of carbonyl (C=O) groups is 1. The lowest BCUT2D eigenvalue weighted by Gasteiger charge is -2.35. The Bertz CT molecular complexity index is 715. The van der Waals surface area contributed by atoms with Crippen LogP contribution in [0.1, 0.15) is 35.7 Å². The van der Waals surface area contributed by atoms with Gasteiger partial charge in [0.1, 0.15) is 0 Å². The van der Waals surface area contributed by atoms with Crippen molar-refractivity contribution in [1.29, 1.82) is 0 Å². The fourth-order valence-corrected chi connectivity index (χ4v) is 5.25. The topological polar surface area (TPSA) is 83.9 Å². The van der Waals surface area contributed by atoms with Crippen LogP contribution in [0.15, 0.2) is 23.1 Å². The molecule has 0 saturated carbocycles. The Morgan fingerprint density at radius 1 is 1.39 bits per heavy atom. The van der Waals surface area contributed by atoms with E-state index in [-0.39, 0.29) is 22.4 Å². The van der Waals surface area contributed by atoms with E-state index in [4.69, 9.17) is 4.74 Å². The summed E-state index contributed by atoms with van der Waals surface area (Å²) >= 11 is 0. The molecule has 2 aliphatic rings. The van der Waals surface area contributed by atoms with E-state index in [9.17, 15) is 18.3 Å². The number of nitrogens with zero attached hydrogens (tertiary/aromatic N) is 1. The molecule has 0 aliphatic carbocycles. The highest BCUT2D eigenvalue weighted by molar-refractivity contribution is 7.89. The first-order valence-electron chi connectivity index (χ1n) is 7.91. The van der Waals surface area contributed by atoms with Crippen molar-refractivity contribution in [3.63, 3.8) is 0 Å². The molecule has 2 atom stereocenters. The van der Waals surface area contributed by atoms with Gasteiger partial charge in [0.2, 0.25) is 10.0 Å². The van der Waals surface area contributed by atoms with E-state index < -0.39 is 16.0 Å². The van der Waals surface area contributed by atoms with Crippen LogP contribution in [0, 0.1) is 5.92 Å². The maximum Gasteiger partial charge on any atom is 0.336 e. The molecule has 3 rings (SSSR count). The van der Waals surface area contributed by atoms with Crippen LogP contribution in [0.4, 0.5) is 0 Å². The molecule has 1 aromatic carbocycles. The zero-order valence-corrected chi connectivity index (χ0v) is 13.9. The molecule has 126 valence electrons. The second-order valence-electron chi connectivity index (χ2n) is 6.10. The average molecular weight is 339 g/mol. The van der Waals surface area contributed by atoms with Gasteiger partial charge in [0.05, 0.1) is 29.7 Å². The molecule has 1 aromatic rings. The summed E-state index contributed by atoms with van der Waals surface area (Å²) in [6.45, 7) is 3.33. The van der Waals surface area contributed by atoms with E-state index in [2.05, 4.69) is 0 Å². The summed E-state index contributed by atoms with van der Waals surface area (Å²) in [4.78, 5) is 11.4. The van der Waals surface area contributed by atoms with Crippen LogP contribution >= 0.6 is 0 Å². The number of rotatable bonds is 4. The molecule has 2 saturated heterocycles. The van der Waals surface area contributed by atoms with Gasteiger partial charge in [-0.3, -0.25) is 0 Å². The predicted molar refractivity (Wildman–Crippen MR) is 84.0 cm³/mol. The SMILES string of the molecule is CCc1ccc(S(=O)(=O)N2CCC[C@H]3COC[C@H]32)cc1C(=O)O. The second kappa shape index (κ2) is 6.22. The van der Waals surface area contributed by atoms with Crippen molar-refractivity contribution in [2.45, 2.75) is 37.1 Å². The molecular weight excluding hydrogens is 318 g/mol. The van der Waals surface area contributed by atoms with Gasteiger partial charge in [0, 0.05) is 12.5 Å². The molecule has 2 aliphatic heterocycles. The van der Waals surface area contributed by atoms with Gasteiger partial charge in [-0.1, -0.05) is 13.0 Å². The van der Waals surface area contributed by atoms with Crippen molar-refractivity contribution in [2.24, 2.45) is 5.92 Å². The van der Waals surface area contributed by atoms with Crippen LogP contribution < -0.4 is 0 Å². The zero-order chi connectivity index (χ0) is 16.6. The Morgan fingerprint density at radius 3 is 2.87 bits per heavy atom. The number of aryl methyl sites for hydroxylation is 1. The Labute approximate surface area is 136 Å². The summed E-state index contributed by atoms with van der Waals surface area (Å²) in [5, 5.41) is 9.32. The number of hydrogen-bond donors (Lipinski definition) is 1. The van der Waals surface area contributed by atoms with Crippen LogP contribution in [0.5, 0.6) is 0 Å². The van der Waals surface area contributed by atoms with Crippen molar-refractivity contribution >= 4 is 16.0 Å². The van der Waals surface area contributed by atoms with Gasteiger partial charge in [0.15, 0.2) is 0 Å². The summed E-state index contributed by atoms with van der Waals surface area (Å²) in [6, 6.07) is 4.27. The highest BCUT2D eigenvalue weighted by Crippen LogP contribution is 2.33. The quantitative estimate of drug-likeness (QED) is 0.903. The lowest BCUT2D eigenvalue weighted by atomic mass is 9.94. The lowest BCUT2D eigenvalue weighted by Crippen LogP contribution is -2.47. The Balaban J connectivity index is 1.99. The minimum Gasteiger partial charge on any atom is -0.478 e. The first kappa shape index (κ1) is 16.4. The number of benzene rings is 1. The number of piperidine rings is 1. The number of carboxylic acid groups (broad SMARTS) is 1. The van der Waals surface area contributed by atoms with Crippen LogP contribution in [0.3, 0.4) is 0 Å². The van der Waals surface area contributed by atoms with Crippen LogP contribution in [0.2, 0.25) is 0 Å². The Kier molecular flexibility index (Phi) is 4.44. The van der Waals surface area contributed by atoms with E-state index in [0.717, 1.165) is 12.8 Å². The highest BCUT2D eigenvalue weighted by Gasteiger charge is 2.42. The molecule has 0 spiro atoms. The first-order valence-corrected chi connectivity index (χ1v) is 9.35. The van der Waals surface area contributed by atoms with E-state index in [0.29, 0.717) is 31.7 Å². The molecular formula is C16H21NO5S. The fraction of sp³-hybridized carbons (Fsp3) is 0.562. The number of aromatic carboxylic acids is 1. The van der Waals surface area contributed by atoms with Gasteiger partial charge >= 0.3 is 5.97 Å². The van der Waals surface area contributed by atoms with Crippen molar-refractivity contribution < 1.29 is 23.1 Å². The molecule has 0 unspecified atom stereocenters. The molecule has 7 heteroatoms. The number of ether oxygens (including phenoxy) is 1. The third kappa shape index (κ3) is 2.88. The summed E-state index contributed by atoms with van der Waals surface area (Å²) in [5.41, 5.74) is 0.696. The number of sulfonamides is 1. The zero-order valence-electron chi connectivity index (χ0n) is 13.1. The fourth-order valence-electron chi connectivity index (χ4n) is 3.51. The van der Waals surface area contributed by atoms with Crippen molar-refractivity contribution in [1.82, 2.24) is 4.31 Å². The van der Waals surface area contributed by atoms with Gasteiger partial charge in [-0.15, -0.1) is 0 Å². The normalized spacial score (nSPS) is 25.3. The van der Waals surface area contributed by atoms with Crippen LogP contribution in [-0.4, -0.2) is 49.6 Å². The summed E-state index contributed by atoms with van der Waals surface area (Å²) < 4.78 is 32.9. The van der Waals surface area contributed by atoms with E-state index in [1.54, 1.807) is 6.07 Å². The van der Waals surface area contributed by atoms with E-state index in [1.165, 1.54) is 16.4 Å². The lowest BCUT2D eigenvalue weighted by molar-refractivity contribution is 0.0695. The summed E-state index contributed by atoms with van der Waals surface area (Å²) in [5.74, 6) is -0.855. The van der Waals surface area contributed by atoms with Gasteiger partial charge in [-0.05, 0) is 37.0 Å². The Hall–Kier alpha value is -1.44. The van der Waals surface area contributed by atoms with E-state index >= 15 is 0 Å². The number of fused-ring (bicyclic) bond motifs is 1. The van der Waals surface area contributed by atoms with Crippen molar-refractivity contribution in [2.75, 3.05) is 19.8 Å². The number of hydrogen-bond acceptors (Lipinski definition) is 4. The average Bonchev–Trinajstić information content (AvgIpc) is 3.02. The van der Waals surface area contributed by atoms with Crippen molar-refractivity contribution in [3.8, 4) is 0 Å². The molecule has 2 heterocycles. The molecule has 1 N–H and O–H groups in total. The largest absolute Gasteiger partial charge is 0.478 e. The maximum atomic E-state index is 13.0. The minimum absolute atomic E-state index is 0.0552. The van der Waals surface area contributed by atoms with Gasteiger partial charge in [-0.25, -0.2) is 13.2 Å². The smallest absolute Gasteiger partial charge is 0.336 e. The van der Waals surface area contributed by atoms with Gasteiger partial charge in [-0.2, -0.15) is 4.31 Å². The van der Waals surface area contributed by atoms with Gasteiger partial charge < -0.3 is 9.84 Å². The van der Waals surface area contributed by atoms with E-state index in [1.807, 2.05) is 6.92 Å². The van der Waals surface area contributed by atoms with Crippen LogP contribution in [-0.2, 0) is 21.2 Å². The highest BCUT2D eigenvalue weighted by atomic mass is 32.2. The monoisotopic (exact) mass is 339 g/mol. The molecule has 0 aromatic heterocycles. The van der Waals surface area contributed by atoms with Crippen molar-refractivity contribution in [3.05, 3.63) is 29.3 Å². The second-order valence-corrected chi connectivity index (χ2v) is 7.99. The number of carboxylic acids is 1. The minimum atomic E-state index is -3.71. The summed E-state index contributed by atoms with van der Waals surface area (Å²) in [6.07, 6.45) is 2.33. The molecule has 0 bridgehead atoms. The first-order chi connectivity index (χ1) is 10.9. The summed E-state index contributed by atoms with van der Waals surface area (Å²) in [7, 11) is -3.71. The Morgan fingerprint density at radius 2 is 2.17 bits per heavy atom. The predicted octanol–water partition coefficient (Wildman–Crippen LogP) is 1.75. The standard InChI is InChI=1S/C16H21NO5S/c1-2-11-5-6-13(8-14(11)16(18)19)23(20,21)17-7-3-4-12-9-22-10-15(12)17/h5-6,8,12,15H,2-4,7,9-10H2,1H3,(H,18,19)/t12-,15+/m0/s1. The molecule has 23 heavy (non-hydrogen) atoms. The van der Waals surface area contributed by atoms with Crippen LogP contribution in [0.25, 0.3) is 0 Å². The molecule has 2 fully saturated rings.